The van der Waals surface area contributed by atoms with Gasteiger partial charge in [0.2, 0.25) is 0 Å². The van der Waals surface area contributed by atoms with Crippen molar-refractivity contribution in [2.45, 2.75) is 51.5 Å². The highest BCUT2D eigenvalue weighted by atomic mass is 15.1. The average Bonchev–Trinajstić information content (AvgIpc) is 2.89. The van der Waals surface area contributed by atoms with Crippen molar-refractivity contribution in [1.82, 2.24) is 10.2 Å². The van der Waals surface area contributed by atoms with Gasteiger partial charge in [-0.2, -0.15) is 0 Å². The highest BCUT2D eigenvalue weighted by molar-refractivity contribution is 4.79. The number of hydrogen-bond donors (Lipinski definition) is 1. The third-order valence-corrected chi connectivity index (χ3v) is 4.08. The largest absolute Gasteiger partial charge is 0.313 e. The molecule has 0 amide bonds. The molecule has 1 saturated carbocycles. The molecular weight excluding hydrogens is 184 g/mol. The Hall–Kier alpha value is -0.0800. The molecule has 1 saturated heterocycles. The van der Waals surface area contributed by atoms with Crippen LogP contribution in [0, 0.1) is 5.92 Å². The lowest BCUT2D eigenvalue weighted by Gasteiger charge is -2.26. The number of nitrogens with one attached hydrogen (secondary N) is 1. The minimum atomic E-state index is 0.784. The number of rotatable bonds is 5. The fourth-order valence-corrected chi connectivity index (χ4v) is 3.12. The van der Waals surface area contributed by atoms with Crippen LogP contribution in [0.2, 0.25) is 0 Å². The predicted molar refractivity (Wildman–Crippen MR) is 65.1 cm³/mol. The van der Waals surface area contributed by atoms with Crippen molar-refractivity contribution in [3.05, 3.63) is 0 Å². The molecule has 2 rings (SSSR count). The van der Waals surface area contributed by atoms with Gasteiger partial charge in [0.15, 0.2) is 0 Å². The van der Waals surface area contributed by atoms with Gasteiger partial charge >= 0.3 is 0 Å². The molecule has 2 nitrogen and oxygen atoms in total. The molecule has 1 aliphatic carbocycles. The first kappa shape index (κ1) is 11.4. The van der Waals surface area contributed by atoms with Crippen LogP contribution in [0.15, 0.2) is 0 Å². The van der Waals surface area contributed by atoms with E-state index in [1.165, 1.54) is 64.7 Å². The van der Waals surface area contributed by atoms with Crippen LogP contribution in [0.4, 0.5) is 0 Å². The molecule has 2 aliphatic rings. The standard InChI is InChI=1S/C13H26N2/c1-2-15(10-12-6-3-4-7-12)11-13-8-5-9-14-13/h12-14H,2-11H2,1H3. The second-order valence-corrected chi connectivity index (χ2v) is 5.30. The highest BCUT2D eigenvalue weighted by Gasteiger charge is 2.21. The lowest BCUT2D eigenvalue weighted by molar-refractivity contribution is 0.223. The Morgan fingerprint density at radius 3 is 2.47 bits per heavy atom. The van der Waals surface area contributed by atoms with Crippen molar-refractivity contribution in [2.75, 3.05) is 26.2 Å². The van der Waals surface area contributed by atoms with E-state index >= 15 is 0 Å². The summed E-state index contributed by atoms with van der Waals surface area (Å²) in [5.74, 6) is 1.01. The molecular formula is C13H26N2. The number of likely N-dealkylation sites (N-methyl/N-ethyl adjacent to an activating group) is 1. The van der Waals surface area contributed by atoms with E-state index < -0.39 is 0 Å². The van der Waals surface area contributed by atoms with E-state index in [0.29, 0.717) is 0 Å². The summed E-state index contributed by atoms with van der Waals surface area (Å²) in [7, 11) is 0. The summed E-state index contributed by atoms with van der Waals surface area (Å²) in [6, 6.07) is 0.784. The molecule has 0 aromatic rings. The fraction of sp³-hybridized carbons (Fsp3) is 1.00. The van der Waals surface area contributed by atoms with E-state index in [1.54, 1.807) is 0 Å². The monoisotopic (exact) mass is 210 g/mol. The van der Waals surface area contributed by atoms with Gasteiger partial charge in [-0.1, -0.05) is 19.8 Å². The van der Waals surface area contributed by atoms with Crippen molar-refractivity contribution >= 4 is 0 Å². The normalized spacial score (nSPS) is 28.0. The van der Waals surface area contributed by atoms with Gasteiger partial charge in [0.05, 0.1) is 0 Å². The number of hydrogen-bond acceptors (Lipinski definition) is 2. The Morgan fingerprint density at radius 1 is 1.07 bits per heavy atom. The molecule has 1 aliphatic heterocycles. The second kappa shape index (κ2) is 5.86. The third kappa shape index (κ3) is 3.46. The van der Waals surface area contributed by atoms with Gasteiger partial charge in [-0.15, -0.1) is 0 Å². The van der Waals surface area contributed by atoms with E-state index in [1.807, 2.05) is 0 Å². The van der Waals surface area contributed by atoms with Crippen molar-refractivity contribution in [1.29, 1.82) is 0 Å². The van der Waals surface area contributed by atoms with Crippen LogP contribution in [0.1, 0.15) is 45.4 Å². The van der Waals surface area contributed by atoms with Gasteiger partial charge in [-0.25, -0.2) is 0 Å². The van der Waals surface area contributed by atoms with E-state index in [2.05, 4.69) is 17.1 Å². The Morgan fingerprint density at radius 2 is 1.87 bits per heavy atom. The van der Waals surface area contributed by atoms with Gasteiger partial charge in [0.25, 0.3) is 0 Å². The zero-order valence-electron chi connectivity index (χ0n) is 10.2. The van der Waals surface area contributed by atoms with E-state index in [-0.39, 0.29) is 0 Å². The van der Waals surface area contributed by atoms with Crippen molar-refractivity contribution < 1.29 is 0 Å². The van der Waals surface area contributed by atoms with E-state index in [4.69, 9.17) is 0 Å². The van der Waals surface area contributed by atoms with Crippen LogP contribution in [0.25, 0.3) is 0 Å². The first-order valence-corrected chi connectivity index (χ1v) is 6.84. The summed E-state index contributed by atoms with van der Waals surface area (Å²) in [6.07, 6.45) is 8.68. The predicted octanol–water partition coefficient (Wildman–Crippen LogP) is 2.25. The maximum absolute atomic E-state index is 3.60. The van der Waals surface area contributed by atoms with Crippen LogP contribution in [0.5, 0.6) is 0 Å². The molecule has 88 valence electrons. The van der Waals surface area contributed by atoms with Crippen LogP contribution in [-0.4, -0.2) is 37.1 Å². The molecule has 15 heavy (non-hydrogen) atoms. The molecule has 0 radical (unpaired) electrons. The lowest BCUT2D eigenvalue weighted by Crippen LogP contribution is -2.39. The Balaban J connectivity index is 1.70. The maximum atomic E-state index is 3.60. The van der Waals surface area contributed by atoms with Gasteiger partial charge in [-0.05, 0) is 44.7 Å². The molecule has 1 heterocycles. The quantitative estimate of drug-likeness (QED) is 0.749. The third-order valence-electron chi connectivity index (χ3n) is 4.08. The Kier molecular flexibility index (Phi) is 4.45. The summed E-state index contributed by atoms with van der Waals surface area (Å²) >= 11 is 0. The summed E-state index contributed by atoms with van der Waals surface area (Å²) in [4.78, 5) is 2.67. The van der Waals surface area contributed by atoms with Crippen LogP contribution in [-0.2, 0) is 0 Å². The topological polar surface area (TPSA) is 15.3 Å². The molecule has 0 bridgehead atoms. The Labute approximate surface area is 94.4 Å². The molecule has 0 aromatic carbocycles. The van der Waals surface area contributed by atoms with Gasteiger partial charge < -0.3 is 10.2 Å². The van der Waals surface area contributed by atoms with Crippen molar-refractivity contribution in [3.63, 3.8) is 0 Å². The molecule has 1 atom stereocenters. The first-order chi connectivity index (χ1) is 7.38. The van der Waals surface area contributed by atoms with Crippen LogP contribution in [0.3, 0.4) is 0 Å². The van der Waals surface area contributed by atoms with Crippen LogP contribution < -0.4 is 5.32 Å². The van der Waals surface area contributed by atoms with E-state index in [9.17, 15) is 0 Å². The van der Waals surface area contributed by atoms with Gasteiger partial charge in [-0.3, -0.25) is 0 Å². The molecule has 2 heteroatoms. The second-order valence-electron chi connectivity index (χ2n) is 5.30. The zero-order valence-corrected chi connectivity index (χ0v) is 10.2. The number of nitrogens with zero attached hydrogens (tertiary/aromatic N) is 1. The lowest BCUT2D eigenvalue weighted by atomic mass is 10.1. The van der Waals surface area contributed by atoms with Crippen LogP contribution >= 0.6 is 0 Å². The first-order valence-electron chi connectivity index (χ1n) is 6.84. The smallest absolute Gasteiger partial charge is 0.0195 e. The van der Waals surface area contributed by atoms with Gasteiger partial charge in [0.1, 0.15) is 0 Å². The summed E-state index contributed by atoms with van der Waals surface area (Å²) in [5, 5.41) is 3.60. The minimum Gasteiger partial charge on any atom is -0.313 e. The SMILES string of the molecule is CCN(CC1CCCC1)CC1CCCN1. The molecule has 2 fully saturated rings. The highest BCUT2D eigenvalue weighted by Crippen LogP contribution is 2.25. The summed E-state index contributed by atoms with van der Waals surface area (Å²) in [6.45, 7) is 7.42. The molecule has 0 spiro atoms. The summed E-state index contributed by atoms with van der Waals surface area (Å²) in [5.41, 5.74) is 0. The molecule has 0 aromatic heterocycles. The minimum absolute atomic E-state index is 0.784. The average molecular weight is 210 g/mol. The molecule has 1 unspecified atom stereocenters. The summed E-state index contributed by atoms with van der Waals surface area (Å²) < 4.78 is 0. The van der Waals surface area contributed by atoms with Gasteiger partial charge in [0, 0.05) is 19.1 Å². The van der Waals surface area contributed by atoms with E-state index in [0.717, 1.165) is 12.0 Å². The van der Waals surface area contributed by atoms with Crippen molar-refractivity contribution in [2.24, 2.45) is 5.92 Å². The fourth-order valence-electron chi connectivity index (χ4n) is 3.12. The molecule has 1 N–H and O–H groups in total. The maximum Gasteiger partial charge on any atom is 0.0195 e. The Bertz CT molecular complexity index is 151. The zero-order chi connectivity index (χ0) is 10.5. The van der Waals surface area contributed by atoms with Crippen molar-refractivity contribution in [3.8, 4) is 0 Å².